The molecule has 4 rings (SSSR count). The van der Waals surface area contributed by atoms with Gasteiger partial charge in [0, 0.05) is 42.8 Å². The minimum absolute atomic E-state index is 0.217. The molecule has 0 aromatic heterocycles. The summed E-state index contributed by atoms with van der Waals surface area (Å²) >= 11 is 12.3. The van der Waals surface area contributed by atoms with E-state index in [1.807, 2.05) is 18.2 Å². The predicted molar refractivity (Wildman–Crippen MR) is 173 cm³/mol. The maximum Gasteiger partial charge on any atom is 0.130 e. The Kier molecular flexibility index (Phi) is 11.9. The Hall–Kier alpha value is -2.57. The molecule has 0 atom stereocenters. The van der Waals surface area contributed by atoms with Crippen LogP contribution in [0.5, 0.6) is 17.2 Å². The van der Waals surface area contributed by atoms with Crippen molar-refractivity contribution in [2.24, 2.45) is 10.9 Å². The Morgan fingerprint density at radius 2 is 1.63 bits per heavy atom. The average Bonchev–Trinajstić information content (AvgIpc) is 2.93. The molecule has 0 saturated carbocycles. The molecule has 0 bridgehead atoms. The van der Waals surface area contributed by atoms with E-state index in [4.69, 9.17) is 37.7 Å². The number of unbranched alkanes of at least 4 members (excludes halogenated alkanes) is 2. The molecule has 41 heavy (non-hydrogen) atoms. The summed E-state index contributed by atoms with van der Waals surface area (Å²) in [7, 11) is 2.19. The van der Waals surface area contributed by atoms with E-state index in [-0.39, 0.29) is 5.92 Å². The summed E-state index contributed by atoms with van der Waals surface area (Å²) in [6.45, 7) is 12.7. The van der Waals surface area contributed by atoms with Gasteiger partial charge in [-0.3, -0.25) is 9.89 Å². The SMILES string of the molecule is CCCCCc1cc(OCCN2CCN(C)CC2)ccc1N=C(c1cccc(Oc2cc(Cl)cc(Cl)c2)c1)C(C)C. The number of ether oxygens (including phenoxy) is 2. The maximum absolute atomic E-state index is 6.22. The first-order valence-electron chi connectivity index (χ1n) is 14.8. The van der Waals surface area contributed by atoms with E-state index in [0.29, 0.717) is 28.2 Å². The number of halogens is 2. The van der Waals surface area contributed by atoms with Crippen molar-refractivity contribution in [3.05, 3.63) is 81.8 Å². The second kappa shape index (κ2) is 15.6. The average molecular weight is 597 g/mol. The topological polar surface area (TPSA) is 37.3 Å². The van der Waals surface area contributed by atoms with Gasteiger partial charge in [0.05, 0.1) is 11.4 Å². The highest BCUT2D eigenvalue weighted by atomic mass is 35.5. The third-order valence-corrected chi connectivity index (χ3v) is 7.80. The highest BCUT2D eigenvalue weighted by Gasteiger charge is 2.15. The number of hydrogen-bond donors (Lipinski definition) is 0. The van der Waals surface area contributed by atoms with Gasteiger partial charge in [0.25, 0.3) is 0 Å². The number of likely N-dealkylation sites (N-methyl/N-ethyl adjacent to an activating group) is 1. The first-order valence-corrected chi connectivity index (χ1v) is 15.6. The minimum Gasteiger partial charge on any atom is -0.492 e. The van der Waals surface area contributed by atoms with Gasteiger partial charge >= 0.3 is 0 Å². The van der Waals surface area contributed by atoms with Gasteiger partial charge in [-0.05, 0) is 85.5 Å². The summed E-state index contributed by atoms with van der Waals surface area (Å²) in [5.74, 6) is 2.45. The molecule has 1 aliphatic heterocycles. The van der Waals surface area contributed by atoms with E-state index in [1.165, 1.54) is 18.4 Å². The molecule has 0 radical (unpaired) electrons. The normalized spacial score (nSPS) is 15.0. The zero-order valence-corrected chi connectivity index (χ0v) is 26.3. The molecule has 1 saturated heterocycles. The Labute approximate surface area is 256 Å². The number of hydrogen-bond acceptors (Lipinski definition) is 5. The molecular formula is C34H43Cl2N3O2. The van der Waals surface area contributed by atoms with Crippen LogP contribution in [-0.2, 0) is 6.42 Å². The monoisotopic (exact) mass is 595 g/mol. The molecule has 3 aromatic carbocycles. The van der Waals surface area contributed by atoms with Gasteiger partial charge in [-0.2, -0.15) is 0 Å². The first kappa shape index (κ1) is 31.4. The Bertz CT molecular complexity index is 1280. The number of benzene rings is 3. The standard InChI is InChI=1S/C34H43Cl2N3O2/c1-5-6-7-9-26-20-30(40-19-18-39-16-14-38(4)15-17-39)12-13-33(26)37-34(25(2)3)27-10-8-11-31(21-27)41-32-23-28(35)22-29(36)24-32/h8,10-13,20-25H,5-7,9,14-19H2,1-4H3. The Morgan fingerprint density at radius 3 is 2.34 bits per heavy atom. The van der Waals surface area contributed by atoms with E-state index in [9.17, 15) is 0 Å². The van der Waals surface area contributed by atoms with Crippen molar-refractivity contribution in [1.29, 1.82) is 0 Å². The molecule has 0 amide bonds. The van der Waals surface area contributed by atoms with Crippen molar-refractivity contribution in [2.45, 2.75) is 46.5 Å². The number of aryl methyl sites for hydroxylation is 1. The van der Waals surface area contributed by atoms with Crippen LogP contribution in [-0.4, -0.2) is 61.9 Å². The number of aliphatic imine (C=N–C) groups is 1. The zero-order chi connectivity index (χ0) is 29.2. The summed E-state index contributed by atoms with van der Waals surface area (Å²) in [5.41, 5.74) is 4.27. The van der Waals surface area contributed by atoms with Crippen LogP contribution in [0, 0.1) is 5.92 Å². The van der Waals surface area contributed by atoms with Gasteiger partial charge in [-0.25, -0.2) is 0 Å². The lowest BCUT2D eigenvalue weighted by molar-refractivity contribution is 0.133. The summed E-state index contributed by atoms with van der Waals surface area (Å²) in [6.07, 6.45) is 4.49. The first-order chi connectivity index (χ1) is 19.8. The molecule has 220 valence electrons. The number of nitrogens with zero attached hydrogens (tertiary/aromatic N) is 3. The van der Waals surface area contributed by atoms with Crippen LogP contribution in [0.3, 0.4) is 0 Å². The van der Waals surface area contributed by atoms with E-state index in [2.05, 4.69) is 61.9 Å². The van der Waals surface area contributed by atoms with Crippen LogP contribution in [0.25, 0.3) is 0 Å². The Morgan fingerprint density at radius 1 is 0.878 bits per heavy atom. The molecule has 0 unspecified atom stereocenters. The fourth-order valence-electron chi connectivity index (χ4n) is 4.99. The van der Waals surface area contributed by atoms with Crippen molar-refractivity contribution >= 4 is 34.6 Å². The summed E-state index contributed by atoms with van der Waals surface area (Å²) in [5, 5.41) is 1.07. The summed E-state index contributed by atoms with van der Waals surface area (Å²) < 4.78 is 12.3. The van der Waals surface area contributed by atoms with Crippen molar-refractivity contribution < 1.29 is 9.47 Å². The van der Waals surface area contributed by atoms with Crippen LogP contribution in [0.15, 0.2) is 65.7 Å². The Balaban J connectivity index is 1.54. The van der Waals surface area contributed by atoms with Gasteiger partial charge in [0.1, 0.15) is 23.9 Å². The van der Waals surface area contributed by atoms with E-state index < -0.39 is 0 Å². The molecule has 3 aromatic rings. The lowest BCUT2D eigenvalue weighted by Gasteiger charge is -2.32. The molecule has 0 spiro atoms. The molecule has 1 aliphatic rings. The molecule has 5 nitrogen and oxygen atoms in total. The van der Waals surface area contributed by atoms with E-state index in [0.717, 1.165) is 68.3 Å². The molecule has 1 heterocycles. The fraction of sp³-hybridized carbons (Fsp3) is 0.441. The lowest BCUT2D eigenvalue weighted by Crippen LogP contribution is -2.45. The van der Waals surface area contributed by atoms with Crippen LogP contribution < -0.4 is 9.47 Å². The quantitative estimate of drug-likeness (QED) is 0.146. The van der Waals surface area contributed by atoms with Crippen molar-refractivity contribution in [2.75, 3.05) is 46.4 Å². The highest BCUT2D eigenvalue weighted by molar-refractivity contribution is 6.34. The molecule has 0 aliphatic carbocycles. The van der Waals surface area contributed by atoms with Gasteiger partial charge < -0.3 is 14.4 Å². The molecule has 7 heteroatoms. The maximum atomic E-state index is 6.22. The van der Waals surface area contributed by atoms with Crippen LogP contribution >= 0.6 is 23.2 Å². The van der Waals surface area contributed by atoms with Crippen molar-refractivity contribution in [3.8, 4) is 17.2 Å². The summed E-state index contributed by atoms with van der Waals surface area (Å²) in [4.78, 5) is 10.1. The van der Waals surface area contributed by atoms with Gasteiger partial charge in [-0.1, -0.05) is 68.9 Å². The smallest absolute Gasteiger partial charge is 0.130 e. The minimum atomic E-state index is 0.217. The number of piperazine rings is 1. The predicted octanol–water partition coefficient (Wildman–Crippen LogP) is 8.92. The van der Waals surface area contributed by atoms with Crippen LogP contribution in [0.4, 0.5) is 5.69 Å². The van der Waals surface area contributed by atoms with Crippen molar-refractivity contribution in [1.82, 2.24) is 9.80 Å². The van der Waals surface area contributed by atoms with Gasteiger partial charge in [0.2, 0.25) is 0 Å². The van der Waals surface area contributed by atoms with Gasteiger partial charge in [-0.15, -0.1) is 0 Å². The third-order valence-electron chi connectivity index (χ3n) is 7.36. The number of rotatable bonds is 13. The largest absolute Gasteiger partial charge is 0.492 e. The van der Waals surface area contributed by atoms with Crippen LogP contribution in [0.2, 0.25) is 10.0 Å². The molecular weight excluding hydrogens is 553 g/mol. The van der Waals surface area contributed by atoms with Crippen LogP contribution in [0.1, 0.15) is 51.2 Å². The second-order valence-corrected chi connectivity index (χ2v) is 12.0. The highest BCUT2D eigenvalue weighted by Crippen LogP contribution is 2.31. The lowest BCUT2D eigenvalue weighted by atomic mass is 9.98. The van der Waals surface area contributed by atoms with Gasteiger partial charge in [0.15, 0.2) is 0 Å². The molecule has 1 fully saturated rings. The summed E-state index contributed by atoms with van der Waals surface area (Å²) in [6, 6.07) is 19.6. The fourth-order valence-corrected chi connectivity index (χ4v) is 5.50. The third kappa shape index (κ3) is 9.75. The molecule has 0 N–H and O–H groups in total. The van der Waals surface area contributed by atoms with E-state index in [1.54, 1.807) is 18.2 Å². The second-order valence-electron chi connectivity index (χ2n) is 11.1. The zero-order valence-electron chi connectivity index (χ0n) is 24.8. The van der Waals surface area contributed by atoms with E-state index >= 15 is 0 Å². The van der Waals surface area contributed by atoms with Crippen molar-refractivity contribution in [3.63, 3.8) is 0 Å².